The summed E-state index contributed by atoms with van der Waals surface area (Å²) in [6.07, 6.45) is 4.68. The fraction of sp³-hybridized carbons (Fsp3) is 0.562. The van der Waals surface area contributed by atoms with E-state index in [9.17, 15) is 4.79 Å². The van der Waals surface area contributed by atoms with E-state index in [1.54, 1.807) is 32.4 Å². The standard InChI is InChI=1S/C16H23NO3/c1-11-7-4-5-9-13(11)17-16(18)12-8-6-10-14(19-2)15(12)20-3/h6,8,10-11,13H,4-5,7,9H2,1-3H3,(H,17,18). The van der Waals surface area contributed by atoms with Crippen LogP contribution in [-0.2, 0) is 0 Å². The van der Waals surface area contributed by atoms with Crippen LogP contribution in [0.5, 0.6) is 11.5 Å². The van der Waals surface area contributed by atoms with E-state index >= 15 is 0 Å². The second-order valence-corrected chi connectivity index (χ2v) is 5.38. The molecule has 1 aliphatic rings. The van der Waals surface area contributed by atoms with Crippen LogP contribution in [0, 0.1) is 5.92 Å². The minimum absolute atomic E-state index is 0.0838. The van der Waals surface area contributed by atoms with Gasteiger partial charge in [-0.1, -0.05) is 25.8 Å². The summed E-state index contributed by atoms with van der Waals surface area (Å²) < 4.78 is 10.6. The minimum Gasteiger partial charge on any atom is -0.493 e. The first-order valence-electron chi connectivity index (χ1n) is 7.19. The van der Waals surface area contributed by atoms with Gasteiger partial charge in [0.15, 0.2) is 11.5 Å². The molecule has 0 bridgehead atoms. The molecule has 2 unspecified atom stereocenters. The van der Waals surface area contributed by atoms with Gasteiger partial charge in [0.05, 0.1) is 19.8 Å². The number of carbonyl (C=O) groups is 1. The van der Waals surface area contributed by atoms with Crippen molar-refractivity contribution in [2.24, 2.45) is 5.92 Å². The Morgan fingerprint density at radius 3 is 2.60 bits per heavy atom. The van der Waals surface area contributed by atoms with Gasteiger partial charge in [-0.25, -0.2) is 0 Å². The third kappa shape index (κ3) is 3.06. The van der Waals surface area contributed by atoms with E-state index in [-0.39, 0.29) is 11.9 Å². The van der Waals surface area contributed by atoms with Crippen LogP contribution in [-0.4, -0.2) is 26.2 Å². The van der Waals surface area contributed by atoms with Gasteiger partial charge in [0.25, 0.3) is 5.91 Å². The second kappa shape index (κ2) is 6.64. The van der Waals surface area contributed by atoms with Crippen molar-refractivity contribution < 1.29 is 14.3 Å². The molecule has 0 heterocycles. The van der Waals surface area contributed by atoms with Crippen LogP contribution >= 0.6 is 0 Å². The Labute approximate surface area is 120 Å². The van der Waals surface area contributed by atoms with Crippen LogP contribution in [0.4, 0.5) is 0 Å². The number of para-hydroxylation sites is 1. The smallest absolute Gasteiger partial charge is 0.255 e. The Kier molecular flexibility index (Phi) is 4.88. The van der Waals surface area contributed by atoms with E-state index in [2.05, 4.69) is 12.2 Å². The highest BCUT2D eigenvalue weighted by Crippen LogP contribution is 2.31. The van der Waals surface area contributed by atoms with Gasteiger partial charge in [-0.3, -0.25) is 4.79 Å². The molecular weight excluding hydrogens is 254 g/mol. The van der Waals surface area contributed by atoms with E-state index in [4.69, 9.17) is 9.47 Å². The van der Waals surface area contributed by atoms with Crippen molar-refractivity contribution in [3.8, 4) is 11.5 Å². The number of nitrogens with one attached hydrogen (secondary N) is 1. The molecule has 20 heavy (non-hydrogen) atoms. The maximum Gasteiger partial charge on any atom is 0.255 e. The second-order valence-electron chi connectivity index (χ2n) is 5.38. The zero-order valence-electron chi connectivity index (χ0n) is 12.4. The average Bonchev–Trinajstić information content (AvgIpc) is 2.48. The lowest BCUT2D eigenvalue weighted by Gasteiger charge is -2.29. The molecule has 4 heteroatoms. The van der Waals surface area contributed by atoms with Crippen molar-refractivity contribution >= 4 is 5.91 Å². The third-order valence-corrected chi connectivity index (χ3v) is 4.08. The van der Waals surface area contributed by atoms with E-state index in [0.29, 0.717) is 23.0 Å². The van der Waals surface area contributed by atoms with Gasteiger partial charge in [0, 0.05) is 6.04 Å². The number of carbonyl (C=O) groups excluding carboxylic acids is 1. The van der Waals surface area contributed by atoms with E-state index < -0.39 is 0 Å². The topological polar surface area (TPSA) is 47.6 Å². The Morgan fingerprint density at radius 2 is 1.95 bits per heavy atom. The maximum atomic E-state index is 12.5. The zero-order valence-corrected chi connectivity index (χ0v) is 12.4. The summed E-state index contributed by atoms with van der Waals surface area (Å²) in [7, 11) is 3.13. The Bertz CT molecular complexity index is 473. The molecule has 1 aromatic carbocycles. The largest absolute Gasteiger partial charge is 0.493 e. The normalized spacial score (nSPS) is 22.1. The van der Waals surface area contributed by atoms with Crippen LogP contribution in [0.15, 0.2) is 18.2 Å². The van der Waals surface area contributed by atoms with Crippen LogP contribution in [0.1, 0.15) is 43.0 Å². The van der Waals surface area contributed by atoms with Gasteiger partial charge in [-0.05, 0) is 30.9 Å². The Balaban J connectivity index is 2.16. The predicted molar refractivity (Wildman–Crippen MR) is 78.4 cm³/mol. The van der Waals surface area contributed by atoms with Crippen LogP contribution in [0.2, 0.25) is 0 Å². The number of hydrogen-bond acceptors (Lipinski definition) is 3. The van der Waals surface area contributed by atoms with E-state index in [1.165, 1.54) is 19.3 Å². The molecule has 1 aromatic rings. The molecule has 0 saturated heterocycles. The van der Waals surface area contributed by atoms with Crippen molar-refractivity contribution in [3.05, 3.63) is 23.8 Å². The maximum absolute atomic E-state index is 12.5. The zero-order chi connectivity index (χ0) is 14.5. The first-order valence-corrected chi connectivity index (χ1v) is 7.19. The fourth-order valence-corrected chi connectivity index (χ4v) is 2.84. The molecule has 0 radical (unpaired) electrons. The van der Waals surface area contributed by atoms with Gasteiger partial charge in [-0.2, -0.15) is 0 Å². The summed E-state index contributed by atoms with van der Waals surface area (Å²) in [6, 6.07) is 5.62. The van der Waals surface area contributed by atoms with Crippen LogP contribution < -0.4 is 14.8 Å². The third-order valence-electron chi connectivity index (χ3n) is 4.08. The lowest BCUT2D eigenvalue weighted by Crippen LogP contribution is -2.41. The summed E-state index contributed by atoms with van der Waals surface area (Å²) in [5.41, 5.74) is 0.532. The van der Waals surface area contributed by atoms with Crippen molar-refractivity contribution in [2.45, 2.75) is 38.6 Å². The molecule has 2 atom stereocenters. The van der Waals surface area contributed by atoms with Gasteiger partial charge in [-0.15, -0.1) is 0 Å². The molecule has 4 nitrogen and oxygen atoms in total. The molecular formula is C16H23NO3. The fourth-order valence-electron chi connectivity index (χ4n) is 2.84. The molecule has 1 fully saturated rings. The number of benzene rings is 1. The monoisotopic (exact) mass is 277 g/mol. The first-order chi connectivity index (χ1) is 9.67. The molecule has 1 N–H and O–H groups in total. The van der Waals surface area contributed by atoms with Gasteiger partial charge in [0.2, 0.25) is 0 Å². The van der Waals surface area contributed by atoms with Gasteiger partial charge in [0.1, 0.15) is 0 Å². The molecule has 2 rings (SSSR count). The Morgan fingerprint density at radius 1 is 1.20 bits per heavy atom. The molecule has 1 aliphatic carbocycles. The number of methoxy groups -OCH3 is 2. The average molecular weight is 277 g/mol. The summed E-state index contributed by atoms with van der Waals surface area (Å²) in [6.45, 7) is 2.20. The van der Waals surface area contributed by atoms with E-state index in [0.717, 1.165) is 6.42 Å². The highest BCUT2D eigenvalue weighted by atomic mass is 16.5. The lowest BCUT2D eigenvalue weighted by atomic mass is 9.86. The first kappa shape index (κ1) is 14.7. The number of rotatable bonds is 4. The highest BCUT2D eigenvalue weighted by molar-refractivity contribution is 5.98. The van der Waals surface area contributed by atoms with Gasteiger partial charge >= 0.3 is 0 Å². The predicted octanol–water partition coefficient (Wildman–Crippen LogP) is 3.01. The molecule has 0 aliphatic heterocycles. The van der Waals surface area contributed by atoms with Crippen LogP contribution in [0.3, 0.4) is 0 Å². The minimum atomic E-state index is -0.0838. The lowest BCUT2D eigenvalue weighted by molar-refractivity contribution is 0.0906. The summed E-state index contributed by atoms with van der Waals surface area (Å²) in [5, 5.41) is 3.14. The van der Waals surface area contributed by atoms with Crippen molar-refractivity contribution in [2.75, 3.05) is 14.2 Å². The molecule has 1 amide bonds. The molecule has 0 spiro atoms. The Hall–Kier alpha value is -1.71. The number of hydrogen-bond donors (Lipinski definition) is 1. The molecule has 110 valence electrons. The summed E-state index contributed by atoms with van der Waals surface area (Å²) in [4.78, 5) is 12.5. The van der Waals surface area contributed by atoms with Crippen molar-refractivity contribution in [1.82, 2.24) is 5.32 Å². The quantitative estimate of drug-likeness (QED) is 0.920. The summed E-state index contributed by atoms with van der Waals surface area (Å²) in [5.74, 6) is 1.52. The van der Waals surface area contributed by atoms with E-state index in [1.807, 2.05) is 0 Å². The van der Waals surface area contributed by atoms with Gasteiger partial charge < -0.3 is 14.8 Å². The van der Waals surface area contributed by atoms with Crippen molar-refractivity contribution in [1.29, 1.82) is 0 Å². The molecule has 1 saturated carbocycles. The van der Waals surface area contributed by atoms with Crippen molar-refractivity contribution in [3.63, 3.8) is 0 Å². The highest BCUT2D eigenvalue weighted by Gasteiger charge is 2.25. The summed E-state index contributed by atoms with van der Waals surface area (Å²) >= 11 is 0. The van der Waals surface area contributed by atoms with Crippen LogP contribution in [0.25, 0.3) is 0 Å². The number of amides is 1. The SMILES string of the molecule is COc1cccc(C(=O)NC2CCCCC2C)c1OC. The number of ether oxygens (including phenoxy) is 2. The molecule has 0 aromatic heterocycles.